The number of nitrogens with zero attached hydrogens (tertiary/aromatic N) is 3. The van der Waals surface area contributed by atoms with E-state index in [0.29, 0.717) is 0 Å². The number of alkyl halides is 1. The number of rotatable bonds is 1. The van der Waals surface area contributed by atoms with Gasteiger partial charge in [-0.2, -0.15) is 0 Å². The van der Waals surface area contributed by atoms with Crippen molar-refractivity contribution in [3.63, 3.8) is 0 Å². The van der Waals surface area contributed by atoms with Crippen LogP contribution < -0.4 is 4.90 Å². The largest absolute Gasteiger partial charge is 0.355 e. The number of aryl methyl sites for hydroxylation is 1. The van der Waals surface area contributed by atoms with Gasteiger partial charge in [0.15, 0.2) is 0 Å². The van der Waals surface area contributed by atoms with Gasteiger partial charge >= 0.3 is 0 Å². The first kappa shape index (κ1) is 10.3. The molecule has 0 radical (unpaired) electrons. The van der Waals surface area contributed by atoms with Crippen LogP contribution >= 0.6 is 11.6 Å². The minimum absolute atomic E-state index is 0.286. The van der Waals surface area contributed by atoms with Crippen LogP contribution in [0.3, 0.4) is 0 Å². The number of anilines is 1. The van der Waals surface area contributed by atoms with Crippen LogP contribution in [0.4, 0.5) is 5.82 Å². The number of aromatic nitrogens is 2. The molecule has 1 aromatic heterocycles. The second-order valence-corrected chi connectivity index (χ2v) is 5.28. The van der Waals surface area contributed by atoms with E-state index in [4.69, 9.17) is 11.6 Å². The highest BCUT2D eigenvalue weighted by molar-refractivity contribution is 6.21. The van der Waals surface area contributed by atoms with Gasteiger partial charge in [-0.05, 0) is 32.1 Å². The minimum Gasteiger partial charge on any atom is -0.355 e. The lowest BCUT2D eigenvalue weighted by Gasteiger charge is -2.23. The number of halogens is 1. The average Bonchev–Trinajstić information content (AvgIpc) is 2.75. The van der Waals surface area contributed by atoms with Crippen LogP contribution in [-0.4, -0.2) is 28.4 Å². The normalized spacial score (nSPS) is 24.6. The van der Waals surface area contributed by atoms with Crippen LogP contribution in [-0.2, 0) is 12.8 Å². The summed E-state index contributed by atoms with van der Waals surface area (Å²) in [6.45, 7) is 1.97. The highest BCUT2D eigenvalue weighted by Crippen LogP contribution is 2.29. The molecule has 1 aromatic rings. The first-order valence-corrected chi connectivity index (χ1v) is 6.50. The van der Waals surface area contributed by atoms with E-state index in [1.807, 2.05) is 0 Å². The standard InChI is InChI=1S/C12H16ClN3/c13-9-5-6-16(7-9)12-10-3-1-2-4-11(10)14-8-15-12/h8-9H,1-7H2. The molecule has 1 aliphatic heterocycles. The van der Waals surface area contributed by atoms with Gasteiger partial charge in [-0.3, -0.25) is 0 Å². The van der Waals surface area contributed by atoms with Crippen molar-refractivity contribution in [1.82, 2.24) is 9.97 Å². The molecular weight excluding hydrogens is 222 g/mol. The third-order valence-corrected chi connectivity index (χ3v) is 3.89. The van der Waals surface area contributed by atoms with E-state index in [1.165, 1.54) is 24.1 Å². The fourth-order valence-corrected chi connectivity index (χ4v) is 2.95. The highest BCUT2D eigenvalue weighted by Gasteiger charge is 2.25. The van der Waals surface area contributed by atoms with Gasteiger partial charge in [0.25, 0.3) is 0 Å². The molecule has 0 bridgehead atoms. The Morgan fingerprint density at radius 3 is 2.94 bits per heavy atom. The predicted molar refractivity (Wildman–Crippen MR) is 65.1 cm³/mol. The molecule has 0 spiro atoms. The molecule has 1 atom stereocenters. The van der Waals surface area contributed by atoms with Crippen LogP contribution in [0.1, 0.15) is 30.5 Å². The molecular formula is C12H16ClN3. The number of hydrogen-bond acceptors (Lipinski definition) is 3. The van der Waals surface area contributed by atoms with E-state index in [0.717, 1.165) is 38.2 Å². The summed E-state index contributed by atoms with van der Waals surface area (Å²) in [6.07, 6.45) is 7.56. The molecule has 4 heteroatoms. The van der Waals surface area contributed by atoms with Crippen molar-refractivity contribution >= 4 is 17.4 Å². The summed E-state index contributed by atoms with van der Waals surface area (Å²) < 4.78 is 0. The molecule has 0 amide bonds. The molecule has 3 rings (SSSR count). The second kappa shape index (κ2) is 4.21. The number of fused-ring (bicyclic) bond motifs is 1. The fraction of sp³-hybridized carbons (Fsp3) is 0.667. The molecule has 0 aromatic carbocycles. The van der Waals surface area contributed by atoms with Gasteiger partial charge in [-0.15, -0.1) is 11.6 Å². The third-order valence-electron chi connectivity index (χ3n) is 3.53. The van der Waals surface area contributed by atoms with Crippen molar-refractivity contribution < 1.29 is 0 Å². The van der Waals surface area contributed by atoms with Gasteiger partial charge in [0.1, 0.15) is 12.1 Å². The molecule has 86 valence electrons. The van der Waals surface area contributed by atoms with Crippen molar-refractivity contribution in [2.75, 3.05) is 18.0 Å². The monoisotopic (exact) mass is 237 g/mol. The maximum atomic E-state index is 6.15. The smallest absolute Gasteiger partial charge is 0.135 e. The van der Waals surface area contributed by atoms with Crippen molar-refractivity contribution in [3.8, 4) is 0 Å². The first-order valence-electron chi connectivity index (χ1n) is 6.06. The van der Waals surface area contributed by atoms with Crippen LogP contribution in [0.15, 0.2) is 6.33 Å². The van der Waals surface area contributed by atoms with Crippen molar-refractivity contribution in [2.24, 2.45) is 0 Å². The third kappa shape index (κ3) is 1.77. The average molecular weight is 238 g/mol. The lowest BCUT2D eigenvalue weighted by atomic mass is 9.96. The molecule has 2 aliphatic rings. The zero-order chi connectivity index (χ0) is 11.0. The van der Waals surface area contributed by atoms with E-state index in [2.05, 4.69) is 14.9 Å². The topological polar surface area (TPSA) is 29.0 Å². The summed E-state index contributed by atoms with van der Waals surface area (Å²) in [5, 5.41) is 0.286. The van der Waals surface area contributed by atoms with E-state index >= 15 is 0 Å². The zero-order valence-electron chi connectivity index (χ0n) is 9.32. The Bertz CT molecular complexity index is 394. The lowest BCUT2D eigenvalue weighted by molar-refractivity contribution is 0.658. The summed E-state index contributed by atoms with van der Waals surface area (Å²) >= 11 is 6.15. The Balaban J connectivity index is 1.94. The maximum absolute atomic E-state index is 6.15. The highest BCUT2D eigenvalue weighted by atomic mass is 35.5. The predicted octanol–water partition coefficient (Wildman–Crippen LogP) is 2.17. The molecule has 1 saturated heterocycles. The Morgan fingerprint density at radius 1 is 1.25 bits per heavy atom. The SMILES string of the molecule is ClC1CCN(c2ncnc3c2CCCC3)C1. The molecule has 2 heterocycles. The van der Waals surface area contributed by atoms with E-state index in [-0.39, 0.29) is 5.38 Å². The van der Waals surface area contributed by atoms with Gasteiger partial charge in [-0.1, -0.05) is 0 Å². The second-order valence-electron chi connectivity index (χ2n) is 4.66. The summed E-state index contributed by atoms with van der Waals surface area (Å²) in [4.78, 5) is 11.2. The van der Waals surface area contributed by atoms with Gasteiger partial charge in [0.2, 0.25) is 0 Å². The van der Waals surface area contributed by atoms with E-state index < -0.39 is 0 Å². The van der Waals surface area contributed by atoms with Gasteiger partial charge < -0.3 is 4.90 Å². The molecule has 0 saturated carbocycles. The number of hydrogen-bond donors (Lipinski definition) is 0. The van der Waals surface area contributed by atoms with Crippen molar-refractivity contribution in [3.05, 3.63) is 17.6 Å². The Hall–Kier alpha value is -0.830. The van der Waals surface area contributed by atoms with Gasteiger partial charge in [-0.25, -0.2) is 9.97 Å². The Labute approximate surface area is 101 Å². The molecule has 16 heavy (non-hydrogen) atoms. The maximum Gasteiger partial charge on any atom is 0.135 e. The van der Waals surface area contributed by atoms with Crippen molar-refractivity contribution in [2.45, 2.75) is 37.5 Å². The summed E-state index contributed by atoms with van der Waals surface area (Å²) in [5.74, 6) is 1.15. The van der Waals surface area contributed by atoms with Crippen molar-refractivity contribution in [1.29, 1.82) is 0 Å². The van der Waals surface area contributed by atoms with Crippen LogP contribution in [0, 0.1) is 0 Å². The van der Waals surface area contributed by atoms with Gasteiger partial charge in [0, 0.05) is 24.3 Å². The van der Waals surface area contributed by atoms with E-state index in [9.17, 15) is 0 Å². The summed E-state index contributed by atoms with van der Waals surface area (Å²) in [7, 11) is 0. The van der Waals surface area contributed by atoms with Crippen LogP contribution in [0.5, 0.6) is 0 Å². The molecule has 1 aliphatic carbocycles. The molecule has 1 fully saturated rings. The van der Waals surface area contributed by atoms with Crippen LogP contribution in [0.25, 0.3) is 0 Å². The van der Waals surface area contributed by atoms with Gasteiger partial charge in [0.05, 0.1) is 5.38 Å². The van der Waals surface area contributed by atoms with Crippen LogP contribution in [0.2, 0.25) is 0 Å². The molecule has 3 nitrogen and oxygen atoms in total. The zero-order valence-corrected chi connectivity index (χ0v) is 10.1. The first-order chi connectivity index (χ1) is 7.84. The summed E-state index contributed by atoms with van der Waals surface area (Å²) in [5.41, 5.74) is 2.63. The Kier molecular flexibility index (Phi) is 2.72. The van der Waals surface area contributed by atoms with E-state index in [1.54, 1.807) is 6.33 Å². The fourth-order valence-electron chi connectivity index (χ4n) is 2.69. The Morgan fingerprint density at radius 2 is 2.12 bits per heavy atom. The molecule has 0 N–H and O–H groups in total. The minimum atomic E-state index is 0.286. The quantitative estimate of drug-likeness (QED) is 0.701. The lowest BCUT2D eigenvalue weighted by Crippen LogP contribution is -2.24. The molecule has 1 unspecified atom stereocenters. The summed E-state index contributed by atoms with van der Waals surface area (Å²) in [6, 6.07) is 0.